The molecule has 82 valence electrons. The van der Waals surface area contributed by atoms with E-state index < -0.39 is 30.3 Å². The molecule has 0 bridgehead atoms. The molecule has 0 unspecified atom stereocenters. The monoisotopic (exact) mass is 237 g/mol. The van der Waals surface area contributed by atoms with Crippen molar-refractivity contribution >= 4 is 17.6 Å². The molecule has 0 fully saturated rings. The standard InChI is InChI=1S/C8H6ClF2NO3/c9-4-1-3(2-5(13)14)7(15)6(12-4)8(10)11/h1,8,15H,2H2,(H,13,14). The van der Waals surface area contributed by atoms with Gasteiger partial charge in [-0.25, -0.2) is 13.8 Å². The van der Waals surface area contributed by atoms with Gasteiger partial charge in [-0.3, -0.25) is 4.79 Å². The number of rotatable bonds is 3. The Bertz CT molecular complexity index is 398. The number of aromatic nitrogens is 1. The summed E-state index contributed by atoms with van der Waals surface area (Å²) < 4.78 is 24.6. The Morgan fingerprint density at radius 2 is 2.20 bits per heavy atom. The van der Waals surface area contributed by atoms with Gasteiger partial charge in [-0.05, 0) is 6.07 Å². The van der Waals surface area contributed by atoms with Crippen LogP contribution in [-0.2, 0) is 11.2 Å². The molecule has 0 aromatic carbocycles. The summed E-state index contributed by atoms with van der Waals surface area (Å²) in [5.41, 5.74) is -1.09. The van der Waals surface area contributed by atoms with Crippen LogP contribution < -0.4 is 0 Å². The molecule has 0 amide bonds. The predicted molar refractivity (Wildman–Crippen MR) is 47.2 cm³/mol. The van der Waals surface area contributed by atoms with Gasteiger partial charge in [0.2, 0.25) is 0 Å². The molecular formula is C8H6ClF2NO3. The van der Waals surface area contributed by atoms with E-state index in [1.54, 1.807) is 0 Å². The van der Waals surface area contributed by atoms with Crippen LogP contribution in [0.3, 0.4) is 0 Å². The van der Waals surface area contributed by atoms with Crippen LogP contribution in [0.5, 0.6) is 5.75 Å². The molecule has 1 aromatic heterocycles. The van der Waals surface area contributed by atoms with Gasteiger partial charge in [0, 0.05) is 5.56 Å². The van der Waals surface area contributed by atoms with Gasteiger partial charge in [-0.1, -0.05) is 11.6 Å². The van der Waals surface area contributed by atoms with Crippen LogP contribution in [0, 0.1) is 0 Å². The largest absolute Gasteiger partial charge is 0.506 e. The van der Waals surface area contributed by atoms with Crippen molar-refractivity contribution in [1.29, 1.82) is 0 Å². The first-order valence-electron chi connectivity index (χ1n) is 3.80. The number of halogens is 3. The molecule has 0 aliphatic carbocycles. The summed E-state index contributed by atoms with van der Waals surface area (Å²) in [5, 5.41) is 17.4. The molecule has 15 heavy (non-hydrogen) atoms. The SMILES string of the molecule is O=C(O)Cc1cc(Cl)nc(C(F)F)c1O. The zero-order valence-corrected chi connectivity index (χ0v) is 8.00. The van der Waals surface area contributed by atoms with Crippen molar-refractivity contribution in [2.24, 2.45) is 0 Å². The lowest BCUT2D eigenvalue weighted by atomic mass is 10.1. The van der Waals surface area contributed by atoms with Gasteiger partial charge in [-0.2, -0.15) is 0 Å². The minimum Gasteiger partial charge on any atom is -0.506 e. The molecule has 0 radical (unpaired) electrons. The zero-order chi connectivity index (χ0) is 11.6. The van der Waals surface area contributed by atoms with E-state index in [9.17, 15) is 18.7 Å². The smallest absolute Gasteiger partial charge is 0.307 e. The van der Waals surface area contributed by atoms with Gasteiger partial charge in [0.25, 0.3) is 6.43 Å². The van der Waals surface area contributed by atoms with Crippen molar-refractivity contribution in [1.82, 2.24) is 4.98 Å². The fourth-order valence-corrected chi connectivity index (χ4v) is 1.25. The normalized spacial score (nSPS) is 10.7. The number of aromatic hydroxyl groups is 1. The maximum Gasteiger partial charge on any atom is 0.307 e. The fourth-order valence-electron chi connectivity index (χ4n) is 1.03. The third-order valence-corrected chi connectivity index (χ3v) is 1.81. The number of pyridine rings is 1. The Morgan fingerprint density at radius 3 is 2.67 bits per heavy atom. The van der Waals surface area contributed by atoms with Crippen LogP contribution in [-0.4, -0.2) is 21.2 Å². The number of carboxylic acid groups (broad SMARTS) is 1. The molecule has 0 spiro atoms. The number of carboxylic acids is 1. The molecule has 2 N–H and O–H groups in total. The second-order valence-electron chi connectivity index (χ2n) is 2.71. The number of hydrogen-bond acceptors (Lipinski definition) is 3. The summed E-state index contributed by atoms with van der Waals surface area (Å²) in [4.78, 5) is 13.6. The van der Waals surface area contributed by atoms with E-state index >= 15 is 0 Å². The van der Waals surface area contributed by atoms with Crippen LogP contribution >= 0.6 is 11.6 Å². The number of nitrogens with zero attached hydrogens (tertiary/aromatic N) is 1. The molecular weight excluding hydrogens is 232 g/mol. The van der Waals surface area contributed by atoms with Crippen molar-refractivity contribution in [3.63, 3.8) is 0 Å². The van der Waals surface area contributed by atoms with E-state index in [0.717, 1.165) is 6.07 Å². The van der Waals surface area contributed by atoms with Crippen molar-refractivity contribution < 1.29 is 23.8 Å². The van der Waals surface area contributed by atoms with E-state index in [4.69, 9.17) is 16.7 Å². The van der Waals surface area contributed by atoms with Gasteiger partial charge in [0.05, 0.1) is 6.42 Å². The van der Waals surface area contributed by atoms with Crippen LogP contribution in [0.4, 0.5) is 8.78 Å². The first-order valence-corrected chi connectivity index (χ1v) is 4.18. The lowest BCUT2D eigenvalue weighted by Gasteiger charge is -2.07. The first kappa shape index (κ1) is 11.6. The highest BCUT2D eigenvalue weighted by atomic mass is 35.5. The van der Waals surface area contributed by atoms with Crippen molar-refractivity contribution in [2.45, 2.75) is 12.8 Å². The molecule has 0 aliphatic rings. The average molecular weight is 238 g/mol. The third-order valence-electron chi connectivity index (χ3n) is 1.62. The maximum absolute atomic E-state index is 12.3. The highest BCUT2D eigenvalue weighted by Gasteiger charge is 2.20. The highest BCUT2D eigenvalue weighted by molar-refractivity contribution is 6.29. The van der Waals surface area contributed by atoms with Crippen LogP contribution in [0.2, 0.25) is 5.15 Å². The summed E-state index contributed by atoms with van der Waals surface area (Å²) in [7, 11) is 0. The molecule has 0 saturated carbocycles. The Morgan fingerprint density at radius 1 is 1.60 bits per heavy atom. The fraction of sp³-hybridized carbons (Fsp3) is 0.250. The number of carbonyl (C=O) groups is 1. The van der Waals surface area contributed by atoms with E-state index in [0.29, 0.717) is 0 Å². The summed E-state index contributed by atoms with van der Waals surface area (Å²) in [5.74, 6) is -2.08. The van der Waals surface area contributed by atoms with Crippen LogP contribution in [0.1, 0.15) is 17.7 Å². The quantitative estimate of drug-likeness (QED) is 0.789. The topological polar surface area (TPSA) is 70.4 Å². The van der Waals surface area contributed by atoms with Gasteiger partial charge in [-0.15, -0.1) is 0 Å². The second-order valence-corrected chi connectivity index (χ2v) is 3.10. The van der Waals surface area contributed by atoms with Gasteiger partial charge >= 0.3 is 5.97 Å². The zero-order valence-electron chi connectivity index (χ0n) is 7.25. The van der Waals surface area contributed by atoms with Crippen LogP contribution in [0.15, 0.2) is 6.07 Å². The molecule has 4 nitrogen and oxygen atoms in total. The summed E-state index contributed by atoms with van der Waals surface area (Å²) >= 11 is 5.40. The van der Waals surface area contributed by atoms with E-state index in [1.165, 1.54) is 0 Å². The Kier molecular flexibility index (Phi) is 3.41. The van der Waals surface area contributed by atoms with E-state index in [1.807, 2.05) is 0 Å². The lowest BCUT2D eigenvalue weighted by molar-refractivity contribution is -0.136. The van der Waals surface area contributed by atoms with Crippen molar-refractivity contribution in [3.05, 3.63) is 22.5 Å². The molecule has 7 heteroatoms. The average Bonchev–Trinajstić information content (AvgIpc) is 2.09. The second kappa shape index (κ2) is 4.39. The summed E-state index contributed by atoms with van der Waals surface area (Å²) in [6.45, 7) is 0. The highest BCUT2D eigenvalue weighted by Crippen LogP contribution is 2.31. The maximum atomic E-state index is 12.3. The van der Waals surface area contributed by atoms with Gasteiger partial charge in [0.15, 0.2) is 0 Å². The lowest BCUT2D eigenvalue weighted by Crippen LogP contribution is -2.03. The molecule has 1 aromatic rings. The molecule has 0 saturated heterocycles. The van der Waals surface area contributed by atoms with E-state index in [2.05, 4.69) is 4.98 Å². The van der Waals surface area contributed by atoms with Crippen molar-refractivity contribution in [2.75, 3.05) is 0 Å². The number of alkyl halides is 2. The van der Waals surface area contributed by atoms with E-state index in [-0.39, 0.29) is 10.7 Å². The summed E-state index contributed by atoms with van der Waals surface area (Å²) in [6, 6.07) is 1.04. The predicted octanol–water partition coefficient (Wildman–Crippen LogP) is 2.01. The molecule has 0 atom stereocenters. The van der Waals surface area contributed by atoms with Crippen LogP contribution in [0.25, 0.3) is 0 Å². The third kappa shape index (κ3) is 2.76. The Balaban J connectivity index is 3.21. The molecule has 0 aliphatic heterocycles. The van der Waals surface area contributed by atoms with Gasteiger partial charge in [0.1, 0.15) is 16.6 Å². The minimum atomic E-state index is -3.00. The number of aliphatic carboxylic acids is 1. The van der Waals surface area contributed by atoms with Crippen molar-refractivity contribution in [3.8, 4) is 5.75 Å². The number of hydrogen-bond donors (Lipinski definition) is 2. The first-order chi connectivity index (χ1) is 6.91. The Hall–Kier alpha value is -1.43. The van der Waals surface area contributed by atoms with Gasteiger partial charge < -0.3 is 10.2 Å². The molecule has 1 rings (SSSR count). The molecule has 1 heterocycles. The summed E-state index contributed by atoms with van der Waals surface area (Å²) in [6.07, 6.45) is -3.59. The minimum absolute atomic E-state index is 0.183. The Labute approximate surface area is 88.1 Å².